The SMILES string of the molecule is CC(C)(C)c1ccccc1Sc1ccccc1[C@@H]1O[C@@H]2C[C@H]3CC[C@]2(CS1)C3(C)C. The maximum absolute atomic E-state index is 6.88. The first kappa shape index (κ1) is 21.0. The third-order valence-electron chi connectivity index (χ3n) is 8.23. The van der Waals surface area contributed by atoms with Crippen LogP contribution in [0.3, 0.4) is 0 Å². The molecule has 0 aromatic heterocycles. The number of hydrogen-bond donors (Lipinski definition) is 0. The quantitative estimate of drug-likeness (QED) is 0.479. The van der Waals surface area contributed by atoms with Crippen LogP contribution in [-0.2, 0) is 10.2 Å². The number of ether oxygens (including phenoxy) is 1. The summed E-state index contributed by atoms with van der Waals surface area (Å²) in [6.45, 7) is 11.9. The van der Waals surface area contributed by atoms with Gasteiger partial charge in [0.05, 0.1) is 6.10 Å². The van der Waals surface area contributed by atoms with Crippen LogP contribution in [0, 0.1) is 16.7 Å². The normalized spacial score (nSPS) is 32.2. The van der Waals surface area contributed by atoms with Crippen molar-refractivity contribution in [3.63, 3.8) is 0 Å². The van der Waals surface area contributed by atoms with Crippen molar-refractivity contribution in [3.8, 4) is 0 Å². The fourth-order valence-corrected chi connectivity index (χ4v) is 9.30. The maximum Gasteiger partial charge on any atom is 0.129 e. The summed E-state index contributed by atoms with van der Waals surface area (Å²) in [5, 5.41) is 0. The van der Waals surface area contributed by atoms with Gasteiger partial charge in [-0.05, 0) is 53.7 Å². The van der Waals surface area contributed by atoms with Crippen LogP contribution < -0.4 is 0 Å². The fourth-order valence-electron chi connectivity index (χ4n) is 6.17. The van der Waals surface area contributed by atoms with Crippen LogP contribution in [-0.4, -0.2) is 11.9 Å². The Morgan fingerprint density at radius 3 is 2.43 bits per heavy atom. The van der Waals surface area contributed by atoms with Crippen molar-refractivity contribution in [1.82, 2.24) is 0 Å². The molecule has 1 aliphatic heterocycles. The Morgan fingerprint density at radius 2 is 1.70 bits per heavy atom. The van der Waals surface area contributed by atoms with Crippen molar-refractivity contribution >= 4 is 23.5 Å². The third kappa shape index (κ3) is 3.19. The molecule has 3 fully saturated rings. The summed E-state index contributed by atoms with van der Waals surface area (Å²) in [5.41, 5.74) is 3.87. The van der Waals surface area contributed by atoms with Crippen LogP contribution in [0.25, 0.3) is 0 Å². The molecule has 0 unspecified atom stereocenters. The van der Waals surface area contributed by atoms with E-state index < -0.39 is 0 Å². The lowest BCUT2D eigenvalue weighted by Crippen LogP contribution is -2.45. The van der Waals surface area contributed by atoms with Crippen molar-refractivity contribution in [2.24, 2.45) is 16.7 Å². The van der Waals surface area contributed by atoms with E-state index in [1.165, 1.54) is 45.9 Å². The zero-order valence-corrected chi connectivity index (χ0v) is 20.5. The van der Waals surface area contributed by atoms with E-state index in [1.54, 1.807) is 0 Å². The highest BCUT2D eigenvalue weighted by molar-refractivity contribution is 8.00. The van der Waals surface area contributed by atoms with Gasteiger partial charge in [0.15, 0.2) is 0 Å². The average molecular weight is 439 g/mol. The number of rotatable bonds is 3. The lowest BCUT2D eigenvalue weighted by Gasteiger charge is -2.47. The van der Waals surface area contributed by atoms with Crippen molar-refractivity contribution in [3.05, 3.63) is 59.7 Å². The molecule has 1 saturated heterocycles. The molecule has 2 bridgehead atoms. The minimum Gasteiger partial charge on any atom is -0.359 e. The highest BCUT2D eigenvalue weighted by atomic mass is 32.2. The number of fused-ring (bicyclic) bond motifs is 1. The monoisotopic (exact) mass is 438 g/mol. The van der Waals surface area contributed by atoms with E-state index in [-0.39, 0.29) is 10.9 Å². The lowest BCUT2D eigenvalue weighted by molar-refractivity contribution is -0.0676. The average Bonchev–Trinajstić information content (AvgIpc) is 3.08. The Hall–Kier alpha value is -0.900. The largest absolute Gasteiger partial charge is 0.359 e. The van der Waals surface area contributed by atoms with Gasteiger partial charge in [-0.3, -0.25) is 0 Å². The summed E-state index contributed by atoms with van der Waals surface area (Å²) in [6.07, 6.45) is 4.43. The predicted octanol–water partition coefficient (Wildman–Crippen LogP) is 8.09. The van der Waals surface area contributed by atoms with E-state index in [1.807, 2.05) is 23.5 Å². The molecule has 2 aromatic carbocycles. The van der Waals surface area contributed by atoms with Gasteiger partial charge in [0.2, 0.25) is 0 Å². The zero-order valence-electron chi connectivity index (χ0n) is 18.9. The van der Waals surface area contributed by atoms with Gasteiger partial charge in [-0.2, -0.15) is 0 Å². The molecule has 5 rings (SSSR count). The first-order valence-electron chi connectivity index (χ1n) is 11.4. The smallest absolute Gasteiger partial charge is 0.129 e. The molecule has 160 valence electrons. The van der Waals surface area contributed by atoms with Gasteiger partial charge in [-0.1, -0.05) is 82.8 Å². The van der Waals surface area contributed by atoms with E-state index in [2.05, 4.69) is 83.1 Å². The number of benzene rings is 2. The van der Waals surface area contributed by atoms with Crippen LogP contribution in [0.15, 0.2) is 58.3 Å². The van der Waals surface area contributed by atoms with Crippen molar-refractivity contribution in [1.29, 1.82) is 0 Å². The van der Waals surface area contributed by atoms with E-state index in [4.69, 9.17) is 4.74 Å². The highest BCUT2D eigenvalue weighted by Gasteiger charge is 2.66. The second-order valence-electron chi connectivity index (χ2n) is 11.0. The minimum atomic E-state index is 0.135. The Balaban J connectivity index is 1.43. The van der Waals surface area contributed by atoms with Crippen LogP contribution in [0.4, 0.5) is 0 Å². The molecule has 3 heteroatoms. The van der Waals surface area contributed by atoms with Gasteiger partial charge < -0.3 is 4.74 Å². The van der Waals surface area contributed by atoms with Crippen LogP contribution in [0.1, 0.15) is 70.4 Å². The molecule has 3 aliphatic rings. The highest BCUT2D eigenvalue weighted by Crippen LogP contribution is 2.70. The molecular formula is C27H34OS2. The third-order valence-corrected chi connectivity index (χ3v) is 10.7. The second kappa shape index (κ2) is 7.32. The Labute approximate surface area is 190 Å². The predicted molar refractivity (Wildman–Crippen MR) is 129 cm³/mol. The maximum atomic E-state index is 6.88. The van der Waals surface area contributed by atoms with Crippen LogP contribution in [0.5, 0.6) is 0 Å². The van der Waals surface area contributed by atoms with Crippen LogP contribution >= 0.6 is 23.5 Å². The Morgan fingerprint density at radius 1 is 1.00 bits per heavy atom. The number of hydrogen-bond acceptors (Lipinski definition) is 3. The molecule has 30 heavy (non-hydrogen) atoms. The van der Waals surface area contributed by atoms with Gasteiger partial charge in [0, 0.05) is 26.5 Å². The summed E-state index contributed by atoms with van der Waals surface area (Å²) in [5.74, 6) is 2.08. The van der Waals surface area contributed by atoms with E-state index in [9.17, 15) is 0 Å². The molecular weight excluding hydrogens is 404 g/mol. The molecule has 1 spiro atoms. The topological polar surface area (TPSA) is 9.23 Å². The Kier molecular flexibility index (Phi) is 5.12. The Bertz CT molecular complexity index is 944. The summed E-state index contributed by atoms with van der Waals surface area (Å²) < 4.78 is 6.88. The van der Waals surface area contributed by atoms with E-state index in [0.29, 0.717) is 16.9 Å². The molecule has 1 nitrogen and oxygen atoms in total. The van der Waals surface area contributed by atoms with Gasteiger partial charge in [-0.15, -0.1) is 11.8 Å². The van der Waals surface area contributed by atoms with Gasteiger partial charge in [0.1, 0.15) is 5.44 Å². The summed E-state index contributed by atoms with van der Waals surface area (Å²) in [6, 6.07) is 17.8. The van der Waals surface area contributed by atoms with Crippen molar-refractivity contribution in [2.75, 3.05) is 5.75 Å². The van der Waals surface area contributed by atoms with Crippen molar-refractivity contribution in [2.45, 2.75) is 80.6 Å². The second-order valence-corrected chi connectivity index (χ2v) is 13.1. The molecule has 0 N–H and O–H groups in total. The number of thioether (sulfide) groups is 1. The van der Waals surface area contributed by atoms with E-state index in [0.717, 1.165) is 5.92 Å². The summed E-state index contributed by atoms with van der Waals surface area (Å²) in [7, 11) is 0. The lowest BCUT2D eigenvalue weighted by atomic mass is 9.69. The molecule has 2 saturated carbocycles. The molecule has 2 aliphatic carbocycles. The minimum absolute atomic E-state index is 0.135. The zero-order chi connectivity index (χ0) is 21.1. The summed E-state index contributed by atoms with van der Waals surface area (Å²) >= 11 is 3.95. The van der Waals surface area contributed by atoms with Gasteiger partial charge in [-0.25, -0.2) is 0 Å². The van der Waals surface area contributed by atoms with Crippen LogP contribution in [0.2, 0.25) is 0 Å². The summed E-state index contributed by atoms with van der Waals surface area (Å²) in [4.78, 5) is 2.70. The first-order chi connectivity index (χ1) is 14.2. The van der Waals surface area contributed by atoms with Gasteiger partial charge >= 0.3 is 0 Å². The first-order valence-corrected chi connectivity index (χ1v) is 13.2. The molecule has 0 amide bonds. The molecule has 4 atom stereocenters. The van der Waals surface area contributed by atoms with E-state index >= 15 is 0 Å². The standard InChI is InChI=1S/C27H34OS2/c1-25(2,3)20-11-7-9-13-22(20)30-21-12-8-6-10-19(21)24-28-23-16-18-14-15-27(23,17-29-24)26(18,4)5/h6-13,18,23-24H,14-17H2,1-5H3/t18-,23-,24-,27-/m1/s1. The van der Waals surface area contributed by atoms with Crippen molar-refractivity contribution < 1.29 is 4.74 Å². The molecule has 1 heterocycles. The molecule has 2 aromatic rings. The fraction of sp³-hybridized carbons (Fsp3) is 0.556. The molecule has 0 radical (unpaired) electrons. The van der Waals surface area contributed by atoms with Gasteiger partial charge in [0.25, 0.3) is 0 Å².